The van der Waals surface area contributed by atoms with Crippen LogP contribution in [0.4, 0.5) is 5.69 Å². The Kier molecular flexibility index (Phi) is 5.48. The Morgan fingerprint density at radius 3 is 2.48 bits per heavy atom. The van der Waals surface area contributed by atoms with Gasteiger partial charge in [0.05, 0.1) is 6.54 Å². The van der Waals surface area contributed by atoms with Gasteiger partial charge in [-0.3, -0.25) is 0 Å². The van der Waals surface area contributed by atoms with E-state index in [9.17, 15) is 0 Å². The lowest BCUT2D eigenvalue weighted by atomic mass is 9.99. The van der Waals surface area contributed by atoms with Crippen LogP contribution >= 0.6 is 0 Å². The first-order valence-corrected chi connectivity index (χ1v) is 7.95. The first kappa shape index (κ1) is 15.7. The van der Waals surface area contributed by atoms with E-state index < -0.39 is 0 Å². The van der Waals surface area contributed by atoms with Crippen LogP contribution < -0.4 is 16.0 Å². The summed E-state index contributed by atoms with van der Waals surface area (Å²) < 4.78 is 0. The molecular weight excluding hydrogens is 260 g/mol. The van der Waals surface area contributed by atoms with E-state index in [-0.39, 0.29) is 0 Å². The zero-order valence-corrected chi connectivity index (χ0v) is 13.5. The molecule has 4 nitrogen and oxygen atoms in total. The van der Waals surface area contributed by atoms with Crippen molar-refractivity contribution in [2.75, 3.05) is 18.0 Å². The van der Waals surface area contributed by atoms with Crippen LogP contribution in [0.15, 0.2) is 29.3 Å². The molecular formula is C17H28N4. The average Bonchev–Trinajstić information content (AvgIpc) is 2.46. The highest BCUT2D eigenvalue weighted by molar-refractivity contribution is 5.78. The molecule has 1 aliphatic heterocycles. The van der Waals surface area contributed by atoms with E-state index in [0.29, 0.717) is 18.5 Å². The SMILES string of the molecule is CC1CCN(c2ccc(CN=C(N)NC(C)C)cc2)CC1. The summed E-state index contributed by atoms with van der Waals surface area (Å²) in [4.78, 5) is 6.83. The smallest absolute Gasteiger partial charge is 0.189 e. The molecule has 0 bridgehead atoms. The Morgan fingerprint density at radius 2 is 1.90 bits per heavy atom. The van der Waals surface area contributed by atoms with Gasteiger partial charge in [-0.1, -0.05) is 19.1 Å². The maximum atomic E-state index is 5.81. The van der Waals surface area contributed by atoms with Gasteiger partial charge >= 0.3 is 0 Å². The third-order valence-electron chi connectivity index (χ3n) is 3.95. The molecule has 2 rings (SSSR count). The Morgan fingerprint density at radius 1 is 1.29 bits per heavy atom. The van der Waals surface area contributed by atoms with Crippen LogP contribution in [-0.4, -0.2) is 25.1 Å². The fraction of sp³-hybridized carbons (Fsp3) is 0.588. The van der Waals surface area contributed by atoms with E-state index >= 15 is 0 Å². The fourth-order valence-corrected chi connectivity index (χ4v) is 2.60. The molecule has 0 atom stereocenters. The maximum Gasteiger partial charge on any atom is 0.189 e. The second kappa shape index (κ2) is 7.34. The molecule has 0 radical (unpaired) electrons. The molecule has 3 N–H and O–H groups in total. The average molecular weight is 288 g/mol. The van der Waals surface area contributed by atoms with Gasteiger partial charge in [-0.05, 0) is 50.3 Å². The van der Waals surface area contributed by atoms with Gasteiger partial charge in [-0.25, -0.2) is 4.99 Å². The third kappa shape index (κ3) is 4.96. The fourth-order valence-electron chi connectivity index (χ4n) is 2.60. The van der Waals surface area contributed by atoms with Crippen molar-refractivity contribution in [2.24, 2.45) is 16.6 Å². The molecule has 1 aromatic carbocycles. The maximum absolute atomic E-state index is 5.81. The van der Waals surface area contributed by atoms with E-state index in [2.05, 4.69) is 60.2 Å². The van der Waals surface area contributed by atoms with Gasteiger partial charge in [0.15, 0.2) is 5.96 Å². The summed E-state index contributed by atoms with van der Waals surface area (Å²) >= 11 is 0. The van der Waals surface area contributed by atoms with Gasteiger partial charge in [0.1, 0.15) is 0 Å². The van der Waals surface area contributed by atoms with Gasteiger partial charge in [-0.2, -0.15) is 0 Å². The molecule has 0 saturated carbocycles. The predicted molar refractivity (Wildman–Crippen MR) is 90.7 cm³/mol. The number of nitrogens with two attached hydrogens (primary N) is 1. The first-order valence-electron chi connectivity index (χ1n) is 7.95. The summed E-state index contributed by atoms with van der Waals surface area (Å²) in [6.07, 6.45) is 2.59. The quantitative estimate of drug-likeness (QED) is 0.661. The van der Waals surface area contributed by atoms with Crippen LogP contribution in [-0.2, 0) is 6.54 Å². The molecule has 1 aromatic rings. The Labute approximate surface area is 128 Å². The molecule has 0 amide bonds. The Bertz CT molecular complexity index is 456. The van der Waals surface area contributed by atoms with Crippen molar-refractivity contribution in [3.05, 3.63) is 29.8 Å². The standard InChI is InChI=1S/C17H28N4/c1-13(2)20-17(18)19-12-15-4-6-16(7-5-15)21-10-8-14(3)9-11-21/h4-7,13-14H,8-12H2,1-3H3,(H3,18,19,20). The summed E-state index contributed by atoms with van der Waals surface area (Å²) in [5.74, 6) is 1.38. The third-order valence-corrected chi connectivity index (χ3v) is 3.95. The van der Waals surface area contributed by atoms with Gasteiger partial charge in [-0.15, -0.1) is 0 Å². The summed E-state index contributed by atoms with van der Waals surface area (Å²) in [5.41, 5.74) is 8.33. The second-order valence-corrected chi connectivity index (χ2v) is 6.34. The van der Waals surface area contributed by atoms with E-state index in [0.717, 1.165) is 5.92 Å². The number of aliphatic imine (C=N–C) groups is 1. The van der Waals surface area contributed by atoms with Crippen LogP contribution in [0.25, 0.3) is 0 Å². The first-order chi connectivity index (χ1) is 10.0. The minimum Gasteiger partial charge on any atom is -0.372 e. The highest BCUT2D eigenvalue weighted by atomic mass is 15.1. The zero-order chi connectivity index (χ0) is 15.2. The van der Waals surface area contributed by atoms with Crippen molar-refractivity contribution in [2.45, 2.75) is 46.2 Å². The molecule has 0 spiro atoms. The number of nitrogens with zero attached hydrogens (tertiary/aromatic N) is 2. The summed E-state index contributed by atoms with van der Waals surface area (Å²) in [5, 5.41) is 3.10. The highest BCUT2D eigenvalue weighted by Gasteiger charge is 2.15. The molecule has 1 fully saturated rings. The Balaban J connectivity index is 1.90. The lowest BCUT2D eigenvalue weighted by Gasteiger charge is -2.32. The number of benzene rings is 1. The number of guanidine groups is 1. The number of rotatable bonds is 4. The molecule has 0 unspecified atom stereocenters. The van der Waals surface area contributed by atoms with Crippen molar-refractivity contribution >= 4 is 11.6 Å². The number of piperidine rings is 1. The minimum atomic E-state index is 0.317. The molecule has 0 aromatic heterocycles. The summed E-state index contributed by atoms with van der Waals surface area (Å²) in [7, 11) is 0. The Hall–Kier alpha value is -1.71. The van der Waals surface area contributed by atoms with Crippen LogP contribution in [0, 0.1) is 5.92 Å². The second-order valence-electron chi connectivity index (χ2n) is 6.34. The molecule has 4 heteroatoms. The van der Waals surface area contributed by atoms with Crippen molar-refractivity contribution in [1.29, 1.82) is 0 Å². The molecule has 1 saturated heterocycles. The van der Waals surface area contributed by atoms with E-state index in [4.69, 9.17) is 5.73 Å². The van der Waals surface area contributed by atoms with Gasteiger partial charge in [0.25, 0.3) is 0 Å². The van der Waals surface area contributed by atoms with Crippen LogP contribution in [0.1, 0.15) is 39.2 Å². The normalized spacial score (nSPS) is 17.3. The van der Waals surface area contributed by atoms with Crippen molar-refractivity contribution in [3.63, 3.8) is 0 Å². The molecule has 116 valence electrons. The number of hydrogen-bond donors (Lipinski definition) is 2. The van der Waals surface area contributed by atoms with Gasteiger partial charge in [0.2, 0.25) is 0 Å². The van der Waals surface area contributed by atoms with Gasteiger partial charge < -0.3 is 16.0 Å². The van der Waals surface area contributed by atoms with Crippen LogP contribution in [0.5, 0.6) is 0 Å². The van der Waals surface area contributed by atoms with Crippen molar-refractivity contribution < 1.29 is 0 Å². The summed E-state index contributed by atoms with van der Waals surface area (Å²) in [6, 6.07) is 9.02. The van der Waals surface area contributed by atoms with E-state index in [1.807, 2.05) is 0 Å². The largest absolute Gasteiger partial charge is 0.372 e. The van der Waals surface area contributed by atoms with Crippen molar-refractivity contribution in [3.8, 4) is 0 Å². The minimum absolute atomic E-state index is 0.317. The van der Waals surface area contributed by atoms with Crippen LogP contribution in [0.2, 0.25) is 0 Å². The van der Waals surface area contributed by atoms with Crippen molar-refractivity contribution in [1.82, 2.24) is 5.32 Å². The highest BCUT2D eigenvalue weighted by Crippen LogP contribution is 2.23. The molecule has 1 aliphatic rings. The summed E-state index contributed by atoms with van der Waals surface area (Å²) in [6.45, 7) is 9.41. The molecule has 0 aliphatic carbocycles. The lowest BCUT2D eigenvalue weighted by molar-refractivity contribution is 0.438. The monoisotopic (exact) mass is 288 g/mol. The number of anilines is 1. The van der Waals surface area contributed by atoms with Gasteiger partial charge in [0, 0.05) is 24.8 Å². The van der Waals surface area contributed by atoms with Crippen LogP contribution in [0.3, 0.4) is 0 Å². The molecule has 21 heavy (non-hydrogen) atoms. The van der Waals surface area contributed by atoms with E-state index in [1.54, 1.807) is 0 Å². The molecule has 1 heterocycles. The zero-order valence-electron chi connectivity index (χ0n) is 13.5. The predicted octanol–water partition coefficient (Wildman–Crippen LogP) is 2.74. The number of hydrogen-bond acceptors (Lipinski definition) is 2. The number of nitrogens with one attached hydrogen (secondary N) is 1. The van der Waals surface area contributed by atoms with E-state index in [1.165, 1.54) is 37.2 Å². The topological polar surface area (TPSA) is 53.6 Å². The lowest BCUT2D eigenvalue weighted by Crippen LogP contribution is -2.36.